The van der Waals surface area contributed by atoms with Gasteiger partial charge in [0.15, 0.2) is 11.5 Å². The highest BCUT2D eigenvalue weighted by molar-refractivity contribution is 7.89. The number of carbonyl (C=O) groups is 1. The normalized spacial score (nSPS) is 12.5. The lowest BCUT2D eigenvalue weighted by Gasteiger charge is -2.21. The van der Waals surface area contributed by atoms with Crippen LogP contribution in [0.4, 0.5) is 0 Å². The Labute approximate surface area is 172 Å². The van der Waals surface area contributed by atoms with E-state index in [2.05, 4.69) is 5.32 Å². The van der Waals surface area contributed by atoms with Crippen LogP contribution < -0.4 is 14.8 Å². The van der Waals surface area contributed by atoms with Crippen molar-refractivity contribution in [2.24, 2.45) is 0 Å². The topological polar surface area (TPSA) is 84.9 Å². The molecule has 0 aliphatic heterocycles. The molecule has 29 heavy (non-hydrogen) atoms. The third-order valence-corrected chi connectivity index (χ3v) is 6.51. The Hall–Kier alpha value is -2.58. The Bertz CT molecular complexity index is 989. The molecule has 0 unspecified atom stereocenters. The number of carbonyl (C=O) groups excluding carboxylic acids is 1. The zero-order valence-electron chi connectivity index (χ0n) is 17.6. The standard InChI is InChI=1S/C21H28N2O5S/c1-14-7-8-15(2)18(11-14)16(3)22-21(24)13-23(4)29(25,26)17-9-10-19(27-5)20(12-17)28-6/h7-12,16H,13H2,1-6H3,(H,22,24)/t16-/m1/s1. The molecule has 0 saturated carbocycles. The Morgan fingerprint density at radius 3 is 2.34 bits per heavy atom. The number of hydrogen-bond acceptors (Lipinski definition) is 5. The molecule has 0 aliphatic carbocycles. The number of ether oxygens (including phenoxy) is 2. The van der Waals surface area contributed by atoms with E-state index in [1.54, 1.807) is 0 Å². The van der Waals surface area contributed by atoms with Gasteiger partial charge in [-0.3, -0.25) is 4.79 Å². The van der Waals surface area contributed by atoms with E-state index in [0.29, 0.717) is 11.5 Å². The molecule has 0 heterocycles. The summed E-state index contributed by atoms with van der Waals surface area (Å²) in [7, 11) is 0.402. The van der Waals surface area contributed by atoms with E-state index in [9.17, 15) is 13.2 Å². The van der Waals surface area contributed by atoms with Gasteiger partial charge in [0.1, 0.15) is 0 Å². The fourth-order valence-corrected chi connectivity index (χ4v) is 4.18. The van der Waals surface area contributed by atoms with Crippen molar-refractivity contribution >= 4 is 15.9 Å². The fourth-order valence-electron chi connectivity index (χ4n) is 3.04. The molecule has 0 fully saturated rings. The molecular weight excluding hydrogens is 392 g/mol. The van der Waals surface area contributed by atoms with Gasteiger partial charge in [-0.05, 0) is 44.0 Å². The Morgan fingerprint density at radius 1 is 1.07 bits per heavy atom. The minimum absolute atomic E-state index is 0.0213. The van der Waals surface area contributed by atoms with Crippen LogP contribution in [-0.4, -0.2) is 46.4 Å². The maximum Gasteiger partial charge on any atom is 0.243 e. The number of hydrogen-bond donors (Lipinski definition) is 1. The van der Waals surface area contributed by atoms with Crippen LogP contribution in [0.1, 0.15) is 29.7 Å². The van der Waals surface area contributed by atoms with Crippen molar-refractivity contribution in [2.75, 3.05) is 27.8 Å². The predicted octanol–water partition coefficient (Wildman–Crippen LogP) is 2.82. The number of sulfonamides is 1. The highest BCUT2D eigenvalue weighted by Crippen LogP contribution is 2.30. The lowest BCUT2D eigenvalue weighted by atomic mass is 10.00. The van der Waals surface area contributed by atoms with Crippen molar-refractivity contribution in [1.82, 2.24) is 9.62 Å². The molecule has 0 aromatic heterocycles. The maximum absolute atomic E-state index is 12.8. The second-order valence-corrected chi connectivity index (χ2v) is 8.97. The lowest BCUT2D eigenvalue weighted by Crippen LogP contribution is -2.39. The number of rotatable bonds is 8. The van der Waals surface area contributed by atoms with Crippen LogP contribution in [0.2, 0.25) is 0 Å². The number of aryl methyl sites for hydroxylation is 2. The molecular formula is C21H28N2O5S. The van der Waals surface area contributed by atoms with E-state index in [0.717, 1.165) is 21.0 Å². The van der Waals surface area contributed by atoms with Crippen molar-refractivity contribution in [2.45, 2.75) is 31.7 Å². The summed E-state index contributed by atoms with van der Waals surface area (Å²) in [6.45, 7) is 5.54. The van der Waals surface area contributed by atoms with Gasteiger partial charge in [-0.1, -0.05) is 23.8 Å². The molecule has 0 bridgehead atoms. The number of benzene rings is 2. The highest BCUT2D eigenvalue weighted by atomic mass is 32.2. The summed E-state index contributed by atoms with van der Waals surface area (Å²) in [6, 6.07) is 10.1. The average Bonchev–Trinajstić information content (AvgIpc) is 2.68. The first-order chi connectivity index (χ1) is 13.6. The summed E-state index contributed by atoms with van der Waals surface area (Å²) in [5.41, 5.74) is 3.17. The van der Waals surface area contributed by atoms with E-state index >= 15 is 0 Å². The zero-order chi connectivity index (χ0) is 21.8. The number of nitrogens with zero attached hydrogens (tertiary/aromatic N) is 1. The average molecular weight is 421 g/mol. The first-order valence-electron chi connectivity index (χ1n) is 9.15. The van der Waals surface area contributed by atoms with Crippen LogP contribution in [0.25, 0.3) is 0 Å². The Kier molecular flexibility index (Phi) is 7.26. The van der Waals surface area contributed by atoms with Gasteiger partial charge in [0.05, 0.1) is 31.7 Å². The molecule has 8 heteroatoms. The molecule has 1 N–H and O–H groups in total. The quantitative estimate of drug-likeness (QED) is 0.710. The molecule has 1 amide bonds. The Morgan fingerprint density at radius 2 is 1.72 bits per heavy atom. The highest BCUT2D eigenvalue weighted by Gasteiger charge is 2.25. The van der Waals surface area contributed by atoms with E-state index in [-0.39, 0.29) is 23.4 Å². The second-order valence-electron chi connectivity index (χ2n) is 6.93. The van der Waals surface area contributed by atoms with Crippen molar-refractivity contribution in [3.63, 3.8) is 0 Å². The Balaban J connectivity index is 2.13. The maximum atomic E-state index is 12.8. The minimum atomic E-state index is -3.87. The van der Waals surface area contributed by atoms with Gasteiger partial charge >= 0.3 is 0 Å². The van der Waals surface area contributed by atoms with Gasteiger partial charge < -0.3 is 14.8 Å². The third kappa shape index (κ3) is 5.27. The van der Waals surface area contributed by atoms with Crippen LogP contribution in [0.5, 0.6) is 11.5 Å². The zero-order valence-corrected chi connectivity index (χ0v) is 18.5. The van der Waals surface area contributed by atoms with Crippen LogP contribution in [0, 0.1) is 13.8 Å². The summed E-state index contributed by atoms with van der Waals surface area (Å²) in [5, 5.41) is 2.87. The summed E-state index contributed by atoms with van der Waals surface area (Å²) < 4.78 is 37.0. The lowest BCUT2D eigenvalue weighted by molar-refractivity contribution is -0.121. The van der Waals surface area contributed by atoms with Crippen molar-refractivity contribution < 1.29 is 22.7 Å². The van der Waals surface area contributed by atoms with Crippen LogP contribution >= 0.6 is 0 Å². The summed E-state index contributed by atoms with van der Waals surface area (Å²) >= 11 is 0. The molecule has 0 aliphatic rings. The van der Waals surface area contributed by atoms with Crippen LogP contribution in [0.15, 0.2) is 41.3 Å². The van der Waals surface area contributed by atoms with Gasteiger partial charge in [0.25, 0.3) is 0 Å². The monoisotopic (exact) mass is 420 g/mol. The number of nitrogens with one attached hydrogen (secondary N) is 1. The van der Waals surface area contributed by atoms with E-state index in [1.807, 2.05) is 39.0 Å². The van der Waals surface area contributed by atoms with Crippen LogP contribution in [0.3, 0.4) is 0 Å². The SMILES string of the molecule is COc1ccc(S(=O)(=O)N(C)CC(=O)N[C@H](C)c2cc(C)ccc2C)cc1OC. The van der Waals surface area contributed by atoms with E-state index in [1.165, 1.54) is 39.5 Å². The summed E-state index contributed by atoms with van der Waals surface area (Å²) in [6.07, 6.45) is 0. The molecule has 2 rings (SSSR count). The third-order valence-electron chi connectivity index (χ3n) is 4.71. The molecule has 158 valence electrons. The van der Waals surface area contributed by atoms with Crippen molar-refractivity contribution in [3.05, 3.63) is 53.1 Å². The smallest absolute Gasteiger partial charge is 0.243 e. The van der Waals surface area contributed by atoms with Gasteiger partial charge in [0.2, 0.25) is 15.9 Å². The predicted molar refractivity (Wildman–Crippen MR) is 112 cm³/mol. The van der Waals surface area contributed by atoms with Crippen molar-refractivity contribution in [1.29, 1.82) is 0 Å². The number of methoxy groups -OCH3 is 2. The summed E-state index contributed by atoms with van der Waals surface area (Å²) in [5.74, 6) is 0.342. The van der Waals surface area contributed by atoms with Gasteiger partial charge in [-0.2, -0.15) is 4.31 Å². The second kappa shape index (κ2) is 9.28. The first kappa shape index (κ1) is 22.7. The molecule has 0 radical (unpaired) electrons. The molecule has 0 saturated heterocycles. The van der Waals surface area contributed by atoms with Crippen LogP contribution in [-0.2, 0) is 14.8 Å². The minimum Gasteiger partial charge on any atom is -0.493 e. The van der Waals surface area contributed by atoms with Gasteiger partial charge in [-0.25, -0.2) is 8.42 Å². The fraction of sp³-hybridized carbons (Fsp3) is 0.381. The van der Waals surface area contributed by atoms with E-state index < -0.39 is 10.0 Å². The first-order valence-corrected chi connectivity index (χ1v) is 10.6. The molecule has 7 nitrogen and oxygen atoms in total. The van der Waals surface area contributed by atoms with Gasteiger partial charge in [-0.15, -0.1) is 0 Å². The molecule has 0 spiro atoms. The van der Waals surface area contributed by atoms with Crippen molar-refractivity contribution in [3.8, 4) is 11.5 Å². The molecule has 2 aromatic carbocycles. The molecule has 1 atom stereocenters. The van der Waals surface area contributed by atoms with E-state index in [4.69, 9.17) is 9.47 Å². The largest absolute Gasteiger partial charge is 0.493 e. The number of likely N-dealkylation sites (N-methyl/N-ethyl adjacent to an activating group) is 1. The molecule has 2 aromatic rings. The summed E-state index contributed by atoms with van der Waals surface area (Å²) in [4.78, 5) is 12.5. The van der Waals surface area contributed by atoms with Gasteiger partial charge in [0, 0.05) is 13.1 Å². The number of amides is 1.